The molecule has 1 fully saturated rings. The van der Waals surface area contributed by atoms with Crippen LogP contribution in [0.15, 0.2) is 48.5 Å². The molecule has 0 saturated carbocycles. The van der Waals surface area contributed by atoms with Gasteiger partial charge in [-0.15, -0.1) is 0 Å². The first-order valence-electron chi connectivity index (χ1n) is 9.77. The maximum Gasteiger partial charge on any atom is 0.271 e. The average Bonchev–Trinajstić information content (AvgIpc) is 2.79. The molecule has 32 heavy (non-hydrogen) atoms. The molecule has 1 atom stereocenters. The topological polar surface area (TPSA) is 130 Å². The second kappa shape index (κ2) is 10.3. The molecule has 1 aliphatic heterocycles. The first kappa shape index (κ1) is 23.9. The lowest BCUT2D eigenvalue weighted by Gasteiger charge is -2.33. The van der Waals surface area contributed by atoms with Crippen molar-refractivity contribution in [1.82, 2.24) is 9.37 Å². The maximum atomic E-state index is 13.0. The Balaban J connectivity index is 1.63. The Morgan fingerprint density at radius 2 is 1.91 bits per heavy atom. The van der Waals surface area contributed by atoms with Gasteiger partial charge in [0.1, 0.15) is 11.9 Å². The molecule has 0 radical (unpaired) electrons. The summed E-state index contributed by atoms with van der Waals surface area (Å²) in [6, 6.07) is 11.3. The van der Waals surface area contributed by atoms with Crippen LogP contribution in [0.1, 0.15) is 24.4 Å². The summed E-state index contributed by atoms with van der Waals surface area (Å²) in [7, 11) is -3.79. The highest BCUT2D eigenvalue weighted by molar-refractivity contribution is 7.89. The normalized spacial score (nSPS) is 16.3. The molecule has 1 heterocycles. The summed E-state index contributed by atoms with van der Waals surface area (Å²) in [6.45, 7) is 0.372. The van der Waals surface area contributed by atoms with Gasteiger partial charge >= 0.3 is 0 Å². The summed E-state index contributed by atoms with van der Waals surface area (Å²) in [5, 5.41) is 21.2. The monoisotopic (exact) mass is 483 g/mol. The van der Waals surface area contributed by atoms with Gasteiger partial charge in [0.25, 0.3) is 5.69 Å². The zero-order valence-electron chi connectivity index (χ0n) is 16.9. The number of amides is 1. The number of piperidine rings is 1. The summed E-state index contributed by atoms with van der Waals surface area (Å²) in [5.74, 6) is -0.170. The Bertz CT molecular complexity index is 1060. The van der Waals surface area contributed by atoms with Crippen LogP contribution in [-0.2, 0) is 14.8 Å². The van der Waals surface area contributed by atoms with Crippen LogP contribution < -0.4 is 4.74 Å². The molecule has 172 valence electrons. The molecule has 2 aromatic carbocycles. The number of sulfonamides is 1. The molecule has 3 rings (SSSR count). The van der Waals surface area contributed by atoms with Crippen molar-refractivity contribution in [3.8, 4) is 5.75 Å². The lowest BCUT2D eigenvalue weighted by Crippen LogP contribution is -2.44. The Morgan fingerprint density at radius 1 is 1.25 bits per heavy atom. The van der Waals surface area contributed by atoms with E-state index in [9.17, 15) is 28.5 Å². The lowest BCUT2D eigenvalue weighted by atomic mass is 10.1. The van der Waals surface area contributed by atoms with Crippen molar-refractivity contribution < 1.29 is 28.1 Å². The number of halogens is 1. The van der Waals surface area contributed by atoms with Crippen molar-refractivity contribution in [2.24, 2.45) is 0 Å². The number of rotatable bonds is 9. The summed E-state index contributed by atoms with van der Waals surface area (Å²) >= 11 is 6.06. The third-order valence-electron chi connectivity index (χ3n) is 5.19. The zero-order chi connectivity index (χ0) is 23.3. The molecule has 1 saturated heterocycles. The van der Waals surface area contributed by atoms with Gasteiger partial charge in [-0.25, -0.2) is 17.8 Å². The lowest BCUT2D eigenvalue weighted by molar-refractivity contribution is -0.384. The van der Waals surface area contributed by atoms with E-state index in [1.807, 2.05) is 0 Å². The Morgan fingerprint density at radius 3 is 2.47 bits per heavy atom. The molecular weight excluding hydrogens is 462 g/mol. The second-order valence-corrected chi connectivity index (χ2v) is 9.70. The van der Waals surface area contributed by atoms with Crippen LogP contribution >= 0.6 is 11.6 Å². The quantitative estimate of drug-likeness (QED) is 0.251. The van der Waals surface area contributed by atoms with Crippen molar-refractivity contribution >= 4 is 33.7 Å². The molecule has 0 bridgehead atoms. The van der Waals surface area contributed by atoms with Crippen LogP contribution in [0.3, 0.4) is 0 Å². The van der Waals surface area contributed by atoms with Gasteiger partial charge in [0.15, 0.2) is 0 Å². The van der Waals surface area contributed by atoms with Crippen molar-refractivity contribution in [3.63, 3.8) is 0 Å². The largest absolute Gasteiger partial charge is 0.489 e. The highest BCUT2D eigenvalue weighted by atomic mass is 35.5. The number of nitrogens with zero attached hydrogens (tertiary/aromatic N) is 3. The minimum atomic E-state index is -3.79. The van der Waals surface area contributed by atoms with E-state index in [1.165, 1.54) is 22.5 Å². The third-order valence-corrected chi connectivity index (χ3v) is 7.38. The van der Waals surface area contributed by atoms with Gasteiger partial charge < -0.3 is 4.74 Å². The minimum Gasteiger partial charge on any atom is -0.489 e. The van der Waals surface area contributed by atoms with E-state index >= 15 is 0 Å². The van der Waals surface area contributed by atoms with Gasteiger partial charge in [0, 0.05) is 25.2 Å². The number of benzene rings is 2. The van der Waals surface area contributed by atoms with Crippen LogP contribution in [-0.4, -0.2) is 59.3 Å². The Kier molecular flexibility index (Phi) is 7.67. The number of nitro benzene ring substituents is 1. The summed E-state index contributed by atoms with van der Waals surface area (Å²) in [6.07, 6.45) is 0.647. The molecule has 1 unspecified atom stereocenters. The fourth-order valence-corrected chi connectivity index (χ4v) is 5.43. The zero-order valence-corrected chi connectivity index (χ0v) is 18.5. The molecule has 0 aromatic heterocycles. The molecule has 12 heteroatoms. The molecular formula is C20H22ClN3O7S. The number of non-ortho nitro benzene ring substituents is 1. The van der Waals surface area contributed by atoms with Gasteiger partial charge in [-0.2, -0.15) is 0 Å². The number of carbonyl (C=O) groups excluding carboxylic acids is 1. The molecule has 1 amide bonds. The number of hydrogen-bond acceptors (Lipinski definition) is 7. The fourth-order valence-electron chi connectivity index (χ4n) is 3.49. The molecule has 2 aromatic rings. The van der Waals surface area contributed by atoms with E-state index in [0.717, 1.165) is 0 Å². The highest BCUT2D eigenvalue weighted by Crippen LogP contribution is 2.31. The number of hydroxylamine groups is 2. The van der Waals surface area contributed by atoms with Crippen LogP contribution in [0, 0.1) is 10.1 Å². The standard InChI is InChI=1S/C20H22ClN3O7S/c21-18-12-16(24(27)28)6-7-20(18)31-17-8-10-22(11-9-17)32(29,30)13-19(23(26)14-25)15-4-2-1-3-5-15/h1-7,12,14,17,19,26H,8-11,13H2. The van der Waals surface area contributed by atoms with E-state index in [4.69, 9.17) is 16.3 Å². The van der Waals surface area contributed by atoms with Gasteiger partial charge in [0.05, 0.1) is 21.7 Å². The van der Waals surface area contributed by atoms with E-state index in [1.54, 1.807) is 30.3 Å². The third kappa shape index (κ3) is 5.74. The van der Waals surface area contributed by atoms with Crippen LogP contribution in [0.25, 0.3) is 0 Å². The maximum absolute atomic E-state index is 13.0. The van der Waals surface area contributed by atoms with Crippen LogP contribution in [0.5, 0.6) is 5.75 Å². The summed E-state index contributed by atoms with van der Waals surface area (Å²) < 4.78 is 33.0. The predicted molar refractivity (Wildman–Crippen MR) is 116 cm³/mol. The first-order chi connectivity index (χ1) is 15.2. The van der Waals surface area contributed by atoms with Gasteiger partial charge in [-0.3, -0.25) is 20.1 Å². The number of ether oxygens (including phenoxy) is 1. The minimum absolute atomic E-state index is 0.108. The van der Waals surface area contributed by atoms with Gasteiger partial charge in [-0.05, 0) is 24.5 Å². The smallest absolute Gasteiger partial charge is 0.271 e. The molecule has 1 aliphatic rings. The van der Waals surface area contributed by atoms with Crippen molar-refractivity contribution in [1.29, 1.82) is 0 Å². The average molecular weight is 484 g/mol. The van der Waals surface area contributed by atoms with Crippen molar-refractivity contribution in [2.75, 3.05) is 18.8 Å². The Hall–Kier alpha value is -2.73. The molecule has 0 aliphatic carbocycles. The van der Waals surface area contributed by atoms with Crippen LogP contribution in [0.4, 0.5) is 5.69 Å². The molecule has 1 N–H and O–H groups in total. The van der Waals surface area contributed by atoms with Crippen molar-refractivity contribution in [2.45, 2.75) is 25.0 Å². The van der Waals surface area contributed by atoms with E-state index in [2.05, 4.69) is 0 Å². The predicted octanol–water partition coefficient (Wildman–Crippen LogP) is 3.01. The Labute approximate surface area is 190 Å². The number of carbonyl (C=O) groups is 1. The summed E-state index contributed by atoms with van der Waals surface area (Å²) in [5.41, 5.74) is 0.348. The van der Waals surface area contributed by atoms with Crippen LogP contribution in [0.2, 0.25) is 5.02 Å². The van der Waals surface area contributed by atoms with E-state index < -0.39 is 26.7 Å². The molecule has 0 spiro atoms. The molecule has 10 nitrogen and oxygen atoms in total. The second-order valence-electron chi connectivity index (χ2n) is 7.28. The van der Waals surface area contributed by atoms with E-state index in [-0.39, 0.29) is 36.3 Å². The fraction of sp³-hybridized carbons (Fsp3) is 0.350. The first-order valence-corrected chi connectivity index (χ1v) is 11.8. The van der Waals surface area contributed by atoms with Gasteiger partial charge in [-0.1, -0.05) is 41.9 Å². The summed E-state index contributed by atoms with van der Waals surface area (Å²) in [4.78, 5) is 21.3. The van der Waals surface area contributed by atoms with Crippen molar-refractivity contribution in [3.05, 3.63) is 69.2 Å². The SMILES string of the molecule is O=CN(O)C(CS(=O)(=O)N1CCC(Oc2ccc([N+](=O)[O-])cc2Cl)CC1)c1ccccc1. The number of hydrogen-bond donors (Lipinski definition) is 1. The van der Waals surface area contributed by atoms with E-state index in [0.29, 0.717) is 29.2 Å². The number of nitro groups is 1. The highest BCUT2D eigenvalue weighted by Gasteiger charge is 2.33. The van der Waals surface area contributed by atoms with Gasteiger partial charge in [0.2, 0.25) is 16.4 Å².